The van der Waals surface area contributed by atoms with Gasteiger partial charge in [0.1, 0.15) is 23.3 Å². The van der Waals surface area contributed by atoms with Gasteiger partial charge in [0, 0.05) is 17.0 Å². The second-order valence-electron chi connectivity index (χ2n) is 13.5. The number of nitrogen functional groups attached to an aromatic ring is 1. The van der Waals surface area contributed by atoms with Crippen LogP contribution in [0, 0.1) is 11.3 Å². The first-order chi connectivity index (χ1) is 23.9. The number of ether oxygens (including phenoxy) is 1. The minimum absolute atomic E-state index is 0.0612. The molecule has 1 aliphatic carbocycles. The minimum Gasteiger partial charge on any atom is -0.485 e. The van der Waals surface area contributed by atoms with Crippen LogP contribution in [0.1, 0.15) is 69.7 Å². The summed E-state index contributed by atoms with van der Waals surface area (Å²) in [7, 11) is -3.07. The van der Waals surface area contributed by atoms with Crippen molar-refractivity contribution in [3.8, 4) is 5.75 Å². The highest BCUT2D eigenvalue weighted by molar-refractivity contribution is 7.80. The molecule has 3 atom stereocenters. The zero-order valence-electron chi connectivity index (χ0n) is 28.5. The lowest BCUT2D eigenvalue weighted by Crippen LogP contribution is -2.76. The predicted molar refractivity (Wildman–Crippen MR) is 184 cm³/mol. The van der Waals surface area contributed by atoms with Crippen molar-refractivity contribution in [2.45, 2.75) is 88.6 Å². The second-order valence-corrected chi connectivity index (χ2v) is 15.4. The molecule has 3 heterocycles. The van der Waals surface area contributed by atoms with Gasteiger partial charge in [0.2, 0.25) is 0 Å². The standard InChI is InChI=1S/C31H42N8O10S2/c1-30(2)24(27(41)39(30)49-51(44,45)46)37-26(40)23(20-15-50-29(33)36-20)38-48-31(3,28(42)43)22-12-8-17-13-18(7-11-21(17)47-22)25(32)35-19-9-5-16(6-10-19)14-34-4/h7,11,13,15-16,19,22,24,34H,5-6,8-10,12,14H2,1-4H3,(H2,32,35)(H2,33,36)(H,37,40)(H,42,43)(H,44,45,46)/b38-23-/t16-,19-,22-,24-,31+/m1/s1. The molecule has 278 valence electrons. The van der Waals surface area contributed by atoms with Crippen LogP contribution in [0.4, 0.5) is 5.13 Å². The molecule has 0 unspecified atom stereocenters. The van der Waals surface area contributed by atoms with Crippen LogP contribution < -0.4 is 26.4 Å². The summed E-state index contributed by atoms with van der Waals surface area (Å²) < 4.78 is 41.8. The van der Waals surface area contributed by atoms with Crippen molar-refractivity contribution in [3.05, 3.63) is 40.4 Å². The van der Waals surface area contributed by atoms with Crippen molar-refractivity contribution in [2.24, 2.45) is 11.1 Å². The number of hydrogen-bond donors (Lipinski definition) is 7. The van der Waals surface area contributed by atoms with Crippen molar-refractivity contribution in [2.75, 3.05) is 19.3 Å². The van der Waals surface area contributed by atoms with Gasteiger partial charge in [-0.05, 0) is 103 Å². The van der Waals surface area contributed by atoms with Gasteiger partial charge in [-0.15, -0.1) is 15.6 Å². The molecule has 0 radical (unpaired) electrons. The van der Waals surface area contributed by atoms with E-state index in [1.165, 1.54) is 26.2 Å². The summed E-state index contributed by atoms with van der Waals surface area (Å²) in [4.78, 5) is 48.5. The lowest BCUT2D eigenvalue weighted by molar-refractivity contribution is -0.218. The molecule has 0 bridgehead atoms. The van der Waals surface area contributed by atoms with E-state index in [4.69, 9.17) is 25.3 Å². The monoisotopic (exact) mass is 750 g/mol. The predicted octanol–water partition coefficient (Wildman–Crippen LogP) is 1.22. The van der Waals surface area contributed by atoms with E-state index in [0.29, 0.717) is 34.6 Å². The van der Waals surface area contributed by atoms with Gasteiger partial charge in [0.05, 0.1) is 5.54 Å². The van der Waals surface area contributed by atoms with Gasteiger partial charge in [0.15, 0.2) is 16.9 Å². The largest absolute Gasteiger partial charge is 0.485 e. The minimum atomic E-state index is -5.03. The van der Waals surface area contributed by atoms with Crippen LogP contribution >= 0.6 is 11.3 Å². The number of anilines is 1. The molecule has 1 saturated carbocycles. The first-order valence-electron chi connectivity index (χ1n) is 16.3. The number of β-lactam (4-membered cyclic amide) rings is 1. The van der Waals surface area contributed by atoms with Gasteiger partial charge in [-0.1, -0.05) is 5.16 Å². The highest BCUT2D eigenvalue weighted by atomic mass is 32.3. The Bertz CT molecular complexity index is 1830. The third-order valence-corrected chi connectivity index (χ3v) is 10.5. The Balaban J connectivity index is 1.29. The maximum Gasteiger partial charge on any atom is 0.418 e. The van der Waals surface area contributed by atoms with Gasteiger partial charge in [-0.2, -0.15) is 13.5 Å². The number of aromatic nitrogens is 1. The van der Waals surface area contributed by atoms with Crippen LogP contribution in [0.25, 0.3) is 0 Å². The number of carboxylic acids is 1. The number of aryl methyl sites for hydroxylation is 1. The number of thiazole rings is 1. The van der Waals surface area contributed by atoms with Gasteiger partial charge in [-0.3, -0.25) is 19.6 Å². The summed E-state index contributed by atoms with van der Waals surface area (Å²) in [6.45, 7) is 4.99. The average molecular weight is 751 g/mol. The molecule has 1 aromatic heterocycles. The normalized spacial score (nSPS) is 24.3. The van der Waals surface area contributed by atoms with Gasteiger partial charge >= 0.3 is 16.4 Å². The highest BCUT2D eigenvalue weighted by Crippen LogP contribution is 2.36. The van der Waals surface area contributed by atoms with Crippen molar-refractivity contribution in [1.29, 1.82) is 5.41 Å². The molecule has 2 aliphatic heterocycles. The quantitative estimate of drug-likeness (QED) is 0.0499. The number of nitrogens with one attached hydrogen (secondary N) is 4. The molecule has 20 heteroatoms. The Labute approximate surface area is 298 Å². The number of hydroxylamine groups is 2. The molecule has 51 heavy (non-hydrogen) atoms. The Morgan fingerprint density at radius 2 is 1.94 bits per heavy atom. The van der Waals surface area contributed by atoms with Crippen LogP contribution in [0.5, 0.6) is 5.75 Å². The van der Waals surface area contributed by atoms with Gasteiger partial charge < -0.3 is 36.4 Å². The number of nitrogens with zero attached hydrogens (tertiary/aromatic N) is 3. The van der Waals surface area contributed by atoms with Crippen LogP contribution in [-0.4, -0.2) is 100 Å². The first-order valence-corrected chi connectivity index (χ1v) is 18.5. The Kier molecular flexibility index (Phi) is 10.9. The van der Waals surface area contributed by atoms with E-state index in [9.17, 15) is 27.9 Å². The van der Waals surface area contributed by atoms with Crippen molar-refractivity contribution < 1.29 is 46.3 Å². The van der Waals surface area contributed by atoms with Crippen molar-refractivity contribution in [3.63, 3.8) is 0 Å². The number of carboxylic acid groups (broad SMARTS) is 1. The van der Waals surface area contributed by atoms with Crippen molar-refractivity contribution >= 4 is 56.2 Å². The van der Waals surface area contributed by atoms with E-state index in [1.807, 2.05) is 13.1 Å². The first kappa shape index (κ1) is 37.9. The summed E-state index contributed by atoms with van der Waals surface area (Å²) in [5.74, 6) is -2.07. The fraction of sp³-hybridized carbons (Fsp3) is 0.548. The zero-order chi connectivity index (χ0) is 37.3. The number of benzene rings is 1. The lowest BCUT2D eigenvalue weighted by atomic mass is 9.84. The maximum atomic E-state index is 13.5. The molecule has 1 saturated heterocycles. The number of carbonyl (C=O) groups excluding carboxylic acids is 2. The summed E-state index contributed by atoms with van der Waals surface area (Å²) in [5.41, 5.74) is 3.10. The number of amides is 2. The molecule has 18 nitrogen and oxygen atoms in total. The molecule has 8 N–H and O–H groups in total. The fourth-order valence-electron chi connectivity index (χ4n) is 6.42. The number of rotatable bonds is 13. The van der Waals surface area contributed by atoms with E-state index in [2.05, 4.69) is 30.4 Å². The molecule has 5 rings (SSSR count). The average Bonchev–Trinajstić information content (AvgIpc) is 3.51. The van der Waals surface area contributed by atoms with Gasteiger partial charge in [0.25, 0.3) is 17.4 Å². The zero-order valence-corrected chi connectivity index (χ0v) is 30.1. The van der Waals surface area contributed by atoms with Gasteiger partial charge in [-0.25, -0.2) is 9.78 Å². The topological polar surface area (TPSA) is 268 Å². The number of fused-ring (bicyclic) bond motifs is 1. The van der Waals surface area contributed by atoms with E-state index >= 15 is 0 Å². The summed E-state index contributed by atoms with van der Waals surface area (Å²) >= 11 is 0.968. The van der Waals surface area contributed by atoms with E-state index in [1.54, 1.807) is 12.1 Å². The summed E-state index contributed by atoms with van der Waals surface area (Å²) in [5, 5.41) is 33.7. The van der Waals surface area contributed by atoms with E-state index < -0.39 is 57.2 Å². The third kappa shape index (κ3) is 8.25. The van der Waals surface area contributed by atoms with E-state index in [0.717, 1.165) is 49.1 Å². The smallest absolute Gasteiger partial charge is 0.418 e. The molecule has 0 spiro atoms. The number of hydrogen-bond acceptors (Lipinski definition) is 14. The Morgan fingerprint density at radius 1 is 1.24 bits per heavy atom. The number of nitrogens with two attached hydrogens (primary N) is 1. The summed E-state index contributed by atoms with van der Waals surface area (Å²) in [6, 6.07) is 4.16. The molecular weight excluding hydrogens is 709 g/mol. The van der Waals surface area contributed by atoms with Crippen LogP contribution in [0.3, 0.4) is 0 Å². The Morgan fingerprint density at radius 3 is 2.53 bits per heavy atom. The van der Waals surface area contributed by atoms with Crippen LogP contribution in [0.2, 0.25) is 0 Å². The number of amidine groups is 1. The third-order valence-electron chi connectivity index (χ3n) is 9.45. The van der Waals surface area contributed by atoms with E-state index in [-0.39, 0.29) is 23.3 Å². The lowest BCUT2D eigenvalue weighted by Gasteiger charge is -2.50. The second kappa shape index (κ2) is 14.7. The molecule has 3 aliphatic rings. The molecular formula is C31H42N8O10S2. The molecule has 2 fully saturated rings. The van der Waals surface area contributed by atoms with Crippen LogP contribution in [-0.2, 0) is 40.3 Å². The number of aliphatic carboxylic acids is 1. The highest BCUT2D eigenvalue weighted by Gasteiger charge is 2.58. The molecule has 2 amide bonds. The van der Waals surface area contributed by atoms with Crippen molar-refractivity contribution in [1.82, 2.24) is 26.0 Å². The fourth-order valence-corrected chi connectivity index (χ4v) is 7.42. The number of oxime groups is 1. The summed E-state index contributed by atoms with van der Waals surface area (Å²) in [6.07, 6.45) is 3.70. The molecule has 1 aromatic carbocycles. The SMILES string of the molecule is CNC[C@H]1CC[C@H](NC(=N)c2ccc3c(c2)CC[C@H]([C@](C)(O/N=C(\C(=O)N[C@@H]2C(=O)N(OS(=O)(=O)O)C2(C)C)c2csc(N)n2)C(=O)O)O3)CC1. The molecule has 2 aromatic rings. The maximum absolute atomic E-state index is 13.5. The Hall–Kier alpha value is -4.37. The van der Waals surface area contributed by atoms with Crippen LogP contribution in [0.15, 0.2) is 28.7 Å². The number of carbonyl (C=O) groups is 3.